The molecule has 2 rings (SSSR count). The molecule has 6 nitrogen and oxygen atoms in total. The highest BCUT2D eigenvalue weighted by atomic mass is 32.2. The highest BCUT2D eigenvalue weighted by molar-refractivity contribution is 7.86. The summed E-state index contributed by atoms with van der Waals surface area (Å²) in [6.45, 7) is 4.34. The smallest absolute Gasteiger partial charge is 0.264 e. The summed E-state index contributed by atoms with van der Waals surface area (Å²) in [5.74, 6) is 0.172. The molecule has 7 heteroatoms. The Labute approximate surface area is 148 Å². The summed E-state index contributed by atoms with van der Waals surface area (Å²) in [7, 11) is -3.55. The molecule has 2 aromatic rings. The van der Waals surface area contributed by atoms with E-state index in [1.54, 1.807) is 19.9 Å². The largest absolute Gasteiger partial charge is 0.508 e. The fraction of sp³-hybridized carbons (Fsp3) is 0.444. The summed E-state index contributed by atoms with van der Waals surface area (Å²) in [6, 6.07) is 11.2. The predicted octanol–water partition coefficient (Wildman–Crippen LogP) is 2.09. The normalized spacial score (nSPS) is 14.8. The molecule has 0 heterocycles. The molecule has 25 heavy (non-hydrogen) atoms. The molecule has 2 atom stereocenters. The average Bonchev–Trinajstić information content (AvgIpc) is 2.47. The van der Waals surface area contributed by atoms with Crippen molar-refractivity contribution in [3.63, 3.8) is 0 Å². The van der Waals surface area contributed by atoms with Crippen LogP contribution >= 0.6 is 0 Å². The number of aromatic hydroxyl groups is 1. The summed E-state index contributed by atoms with van der Waals surface area (Å²) in [5, 5.41) is 22.0. The molecule has 0 aliphatic carbocycles. The first-order valence-corrected chi connectivity index (χ1v) is 9.95. The summed E-state index contributed by atoms with van der Waals surface area (Å²) in [6.07, 6.45) is -0.146. The lowest BCUT2D eigenvalue weighted by molar-refractivity contribution is 0.0905. The Morgan fingerprint density at radius 2 is 1.80 bits per heavy atom. The van der Waals surface area contributed by atoms with Crippen LogP contribution in [0.4, 0.5) is 0 Å². The molecule has 0 bridgehead atoms. The predicted molar refractivity (Wildman–Crippen MR) is 98.0 cm³/mol. The van der Waals surface area contributed by atoms with Crippen molar-refractivity contribution in [1.82, 2.24) is 4.90 Å². The molecule has 0 radical (unpaired) electrons. The minimum atomic E-state index is -3.55. The molecular weight excluding hydrogens is 342 g/mol. The first-order chi connectivity index (χ1) is 11.7. The average molecular weight is 367 g/mol. The lowest BCUT2D eigenvalue weighted by atomic mass is 10.0. The van der Waals surface area contributed by atoms with E-state index < -0.39 is 22.3 Å². The summed E-state index contributed by atoms with van der Waals surface area (Å²) in [5.41, 5.74) is 0.741. The van der Waals surface area contributed by atoms with Gasteiger partial charge in [0.1, 0.15) is 5.75 Å². The zero-order valence-corrected chi connectivity index (χ0v) is 15.5. The molecule has 0 spiro atoms. The van der Waals surface area contributed by atoms with Gasteiger partial charge in [0.05, 0.1) is 18.5 Å². The van der Waals surface area contributed by atoms with Crippen LogP contribution < -0.4 is 0 Å². The topological polar surface area (TPSA) is 87.1 Å². The van der Waals surface area contributed by atoms with Crippen molar-refractivity contribution in [3.8, 4) is 5.75 Å². The second-order valence-corrected chi connectivity index (χ2v) is 8.04. The number of hydrogen-bond acceptors (Lipinski definition) is 6. The lowest BCUT2D eigenvalue weighted by Gasteiger charge is -2.27. The molecule has 0 aliphatic rings. The van der Waals surface area contributed by atoms with Gasteiger partial charge in [0.25, 0.3) is 10.1 Å². The molecular formula is C18H25NO5S. The van der Waals surface area contributed by atoms with Gasteiger partial charge in [-0.1, -0.05) is 30.3 Å². The second kappa shape index (κ2) is 8.14. The maximum Gasteiger partial charge on any atom is 0.264 e. The third-order valence-corrected chi connectivity index (χ3v) is 4.45. The second-order valence-electron chi connectivity index (χ2n) is 6.44. The van der Waals surface area contributed by atoms with E-state index in [4.69, 9.17) is 4.18 Å². The summed E-state index contributed by atoms with van der Waals surface area (Å²) < 4.78 is 27.6. The van der Waals surface area contributed by atoms with E-state index in [0.717, 1.165) is 22.6 Å². The number of nitrogens with zero attached hydrogens (tertiary/aromatic N) is 1. The summed E-state index contributed by atoms with van der Waals surface area (Å²) >= 11 is 0. The van der Waals surface area contributed by atoms with Crippen molar-refractivity contribution in [2.24, 2.45) is 0 Å². The van der Waals surface area contributed by atoms with Crippen LogP contribution in [0.2, 0.25) is 0 Å². The number of benzene rings is 2. The van der Waals surface area contributed by atoms with Crippen LogP contribution in [0.1, 0.15) is 19.4 Å². The number of fused-ring (bicyclic) bond motifs is 1. The molecule has 2 aromatic carbocycles. The third kappa shape index (κ3) is 5.97. The van der Waals surface area contributed by atoms with Crippen LogP contribution in [0.5, 0.6) is 5.75 Å². The van der Waals surface area contributed by atoms with Crippen molar-refractivity contribution in [3.05, 3.63) is 42.0 Å². The third-order valence-electron chi connectivity index (χ3n) is 3.77. The molecule has 0 saturated heterocycles. The maximum atomic E-state index is 11.3. The molecule has 0 saturated carbocycles. The van der Waals surface area contributed by atoms with Crippen molar-refractivity contribution in [2.75, 3.05) is 19.3 Å². The van der Waals surface area contributed by atoms with E-state index in [2.05, 4.69) is 0 Å². The number of aliphatic hydroxyl groups is 1. The molecule has 0 amide bonds. The fourth-order valence-electron chi connectivity index (χ4n) is 2.98. The first-order valence-electron chi connectivity index (χ1n) is 8.14. The zero-order valence-electron chi connectivity index (χ0n) is 14.7. The van der Waals surface area contributed by atoms with Crippen LogP contribution in [-0.4, -0.2) is 55.1 Å². The van der Waals surface area contributed by atoms with Gasteiger partial charge in [-0.2, -0.15) is 8.42 Å². The molecule has 0 unspecified atom stereocenters. The monoisotopic (exact) mass is 367 g/mol. The van der Waals surface area contributed by atoms with Crippen LogP contribution in [0.3, 0.4) is 0 Å². The Bertz CT molecular complexity index is 819. The van der Waals surface area contributed by atoms with Gasteiger partial charge in [-0.05, 0) is 30.7 Å². The van der Waals surface area contributed by atoms with Gasteiger partial charge in [0.15, 0.2) is 0 Å². The van der Waals surface area contributed by atoms with Crippen LogP contribution in [0.25, 0.3) is 10.8 Å². The van der Waals surface area contributed by atoms with Gasteiger partial charge in [-0.25, -0.2) is 0 Å². The summed E-state index contributed by atoms with van der Waals surface area (Å²) in [4.78, 5) is 1.88. The Morgan fingerprint density at radius 1 is 1.12 bits per heavy atom. The quantitative estimate of drug-likeness (QED) is 0.695. The number of phenolic OH excluding ortho intramolecular Hbond substituents is 1. The van der Waals surface area contributed by atoms with E-state index in [1.807, 2.05) is 35.2 Å². The maximum absolute atomic E-state index is 11.3. The Kier molecular flexibility index (Phi) is 6.40. The molecule has 0 aliphatic heterocycles. The van der Waals surface area contributed by atoms with Crippen molar-refractivity contribution < 1.29 is 22.8 Å². The number of hydrogen-bond donors (Lipinski definition) is 2. The van der Waals surface area contributed by atoms with Gasteiger partial charge in [-0.15, -0.1) is 0 Å². The zero-order chi connectivity index (χ0) is 18.6. The minimum absolute atomic E-state index is 0.172. The van der Waals surface area contributed by atoms with E-state index in [-0.39, 0.29) is 5.75 Å². The number of phenols is 1. The number of rotatable bonds is 8. The Morgan fingerprint density at radius 3 is 2.44 bits per heavy atom. The van der Waals surface area contributed by atoms with Crippen LogP contribution in [0, 0.1) is 0 Å². The molecule has 0 fully saturated rings. The van der Waals surface area contributed by atoms with Gasteiger partial charge in [0, 0.05) is 25.2 Å². The van der Waals surface area contributed by atoms with Crippen molar-refractivity contribution in [2.45, 2.75) is 32.6 Å². The van der Waals surface area contributed by atoms with Crippen molar-refractivity contribution in [1.29, 1.82) is 0 Å². The Balaban J connectivity index is 2.26. The number of aliphatic hydroxyl groups excluding tert-OH is 1. The lowest BCUT2D eigenvalue weighted by Crippen LogP contribution is -2.37. The first kappa shape index (κ1) is 19.7. The van der Waals surface area contributed by atoms with E-state index in [0.29, 0.717) is 19.6 Å². The minimum Gasteiger partial charge on any atom is -0.508 e. The van der Waals surface area contributed by atoms with E-state index in [1.165, 1.54) is 0 Å². The van der Waals surface area contributed by atoms with Gasteiger partial charge < -0.3 is 10.2 Å². The standard InChI is InChI=1S/C18H25NO5S/c1-13(20)10-19(11-14(2)24-25(3,22)23)12-17-16-7-5-4-6-15(16)8-9-18(17)21/h4-9,13-14,20-21H,10-12H2,1-3H3/t13-,14-/m1/s1. The SMILES string of the molecule is C[C@H](CN(Cc1c(O)ccc2ccccc12)C[C@@H](C)O)OS(C)(=O)=O. The van der Waals surface area contributed by atoms with Gasteiger partial charge in [-0.3, -0.25) is 9.08 Å². The molecule has 138 valence electrons. The Hall–Kier alpha value is -1.67. The molecule has 2 N–H and O–H groups in total. The van der Waals surface area contributed by atoms with E-state index >= 15 is 0 Å². The highest BCUT2D eigenvalue weighted by Crippen LogP contribution is 2.28. The fourth-order valence-corrected chi connectivity index (χ4v) is 3.64. The van der Waals surface area contributed by atoms with Gasteiger partial charge >= 0.3 is 0 Å². The van der Waals surface area contributed by atoms with Crippen LogP contribution in [-0.2, 0) is 20.8 Å². The van der Waals surface area contributed by atoms with Crippen LogP contribution in [0.15, 0.2) is 36.4 Å². The van der Waals surface area contributed by atoms with Crippen molar-refractivity contribution >= 4 is 20.9 Å². The highest BCUT2D eigenvalue weighted by Gasteiger charge is 2.19. The van der Waals surface area contributed by atoms with E-state index in [9.17, 15) is 18.6 Å². The molecule has 0 aromatic heterocycles. The van der Waals surface area contributed by atoms with Gasteiger partial charge in [0.2, 0.25) is 0 Å².